The van der Waals surface area contributed by atoms with Crippen molar-refractivity contribution < 1.29 is 14.1 Å². The maximum absolute atomic E-state index is 12.9. The number of hydrogen-bond donors (Lipinski definition) is 2. The molecule has 0 aliphatic heterocycles. The number of rotatable bonds is 5. The van der Waals surface area contributed by atoms with Crippen molar-refractivity contribution >= 4 is 17.8 Å². The minimum Gasteiger partial charge on any atom is -0.272 e. The van der Waals surface area contributed by atoms with E-state index in [1.54, 1.807) is 18.2 Å². The van der Waals surface area contributed by atoms with Crippen molar-refractivity contribution in [1.82, 2.24) is 15.6 Å². The summed E-state index contributed by atoms with van der Waals surface area (Å²) in [6, 6.07) is 13.0. The fraction of sp³-hybridized carbons (Fsp3) is 0. The maximum Gasteiger partial charge on any atom is 0.289 e. The van der Waals surface area contributed by atoms with Gasteiger partial charge in [-0.05, 0) is 30.3 Å². The van der Waals surface area contributed by atoms with Crippen LogP contribution in [0.1, 0.15) is 16.1 Å². The molecule has 0 radical (unpaired) electrons. The summed E-state index contributed by atoms with van der Waals surface area (Å²) in [4.78, 5) is 22.2. The Kier molecular flexibility index (Phi) is 4.79. The number of carbonyl (C=O) groups is 1. The van der Waals surface area contributed by atoms with Gasteiger partial charge in [-0.2, -0.15) is 10.2 Å². The minimum absolute atomic E-state index is 0.0715. The quantitative estimate of drug-likeness (QED) is 0.417. The third-order valence-electron chi connectivity index (χ3n) is 3.42. The molecule has 8 nitrogen and oxygen atoms in total. The van der Waals surface area contributed by atoms with Crippen molar-refractivity contribution in [3.63, 3.8) is 0 Å². The molecule has 0 atom stereocenters. The molecule has 1 amide bonds. The van der Waals surface area contributed by atoms with Gasteiger partial charge in [0.15, 0.2) is 0 Å². The van der Waals surface area contributed by atoms with Crippen LogP contribution in [0.25, 0.3) is 11.3 Å². The molecule has 0 fully saturated rings. The van der Waals surface area contributed by atoms with Crippen LogP contribution in [0.5, 0.6) is 0 Å². The Morgan fingerprint density at radius 3 is 2.73 bits per heavy atom. The fourth-order valence-corrected chi connectivity index (χ4v) is 2.15. The normalized spacial score (nSPS) is 10.8. The SMILES string of the molecule is O=C(N/N=C/c1cccc([N+](=O)[O-])c1)c1cc(-c2ccc(F)cc2)n[nH]1. The largest absolute Gasteiger partial charge is 0.289 e. The minimum atomic E-state index is -0.535. The van der Waals surface area contributed by atoms with Crippen LogP contribution in [0, 0.1) is 15.9 Å². The van der Waals surface area contributed by atoms with Crippen LogP contribution in [0.4, 0.5) is 10.1 Å². The topological polar surface area (TPSA) is 113 Å². The Bertz CT molecular complexity index is 982. The first-order valence-corrected chi connectivity index (χ1v) is 7.42. The average molecular weight is 353 g/mol. The van der Waals surface area contributed by atoms with E-state index < -0.39 is 10.8 Å². The smallest absolute Gasteiger partial charge is 0.272 e. The molecule has 9 heteroatoms. The second-order valence-electron chi connectivity index (χ2n) is 5.22. The Morgan fingerprint density at radius 1 is 1.23 bits per heavy atom. The van der Waals surface area contributed by atoms with Crippen molar-refractivity contribution in [2.24, 2.45) is 5.10 Å². The third kappa shape index (κ3) is 3.96. The highest BCUT2D eigenvalue weighted by atomic mass is 19.1. The van der Waals surface area contributed by atoms with Crippen LogP contribution >= 0.6 is 0 Å². The van der Waals surface area contributed by atoms with E-state index in [0.29, 0.717) is 16.8 Å². The molecule has 0 saturated heterocycles. The highest BCUT2D eigenvalue weighted by molar-refractivity contribution is 5.94. The number of hydrogen-bond acceptors (Lipinski definition) is 5. The second kappa shape index (κ2) is 7.34. The Balaban J connectivity index is 1.66. The molecule has 0 bridgehead atoms. The number of amides is 1. The Labute approximate surface area is 146 Å². The van der Waals surface area contributed by atoms with Crippen molar-refractivity contribution in [2.75, 3.05) is 0 Å². The summed E-state index contributed by atoms with van der Waals surface area (Å²) in [5, 5.41) is 21.1. The molecular weight excluding hydrogens is 341 g/mol. The summed E-state index contributed by atoms with van der Waals surface area (Å²) >= 11 is 0. The molecule has 0 aliphatic rings. The monoisotopic (exact) mass is 353 g/mol. The van der Waals surface area contributed by atoms with E-state index in [9.17, 15) is 19.3 Å². The molecule has 1 heterocycles. The summed E-state index contributed by atoms with van der Waals surface area (Å²) in [6.45, 7) is 0. The van der Waals surface area contributed by atoms with Gasteiger partial charge in [-0.15, -0.1) is 0 Å². The maximum atomic E-state index is 12.9. The zero-order chi connectivity index (χ0) is 18.5. The van der Waals surface area contributed by atoms with Crippen LogP contribution in [0.15, 0.2) is 59.7 Å². The van der Waals surface area contributed by atoms with Crippen molar-refractivity contribution in [3.05, 3.63) is 81.8 Å². The lowest BCUT2D eigenvalue weighted by Gasteiger charge is -1.96. The van der Waals surface area contributed by atoms with Gasteiger partial charge in [0, 0.05) is 23.3 Å². The van der Waals surface area contributed by atoms with Gasteiger partial charge in [0.1, 0.15) is 11.5 Å². The Hall–Kier alpha value is -3.88. The summed E-state index contributed by atoms with van der Waals surface area (Å²) < 4.78 is 12.9. The van der Waals surface area contributed by atoms with Gasteiger partial charge >= 0.3 is 0 Å². The first kappa shape index (κ1) is 17.0. The first-order chi connectivity index (χ1) is 12.5. The molecule has 130 valence electrons. The number of carbonyl (C=O) groups excluding carboxylic acids is 1. The molecule has 26 heavy (non-hydrogen) atoms. The number of nitro groups is 1. The summed E-state index contributed by atoms with van der Waals surface area (Å²) in [6.07, 6.45) is 1.29. The average Bonchev–Trinajstić information content (AvgIpc) is 3.13. The number of H-pyrrole nitrogens is 1. The predicted octanol–water partition coefficient (Wildman–Crippen LogP) is 2.89. The number of non-ortho nitro benzene ring substituents is 1. The molecule has 1 aromatic heterocycles. The van der Waals surface area contributed by atoms with E-state index in [4.69, 9.17) is 0 Å². The van der Waals surface area contributed by atoms with E-state index >= 15 is 0 Å². The van der Waals surface area contributed by atoms with E-state index in [-0.39, 0.29) is 17.2 Å². The molecule has 0 aliphatic carbocycles. The summed E-state index contributed by atoms with van der Waals surface area (Å²) in [5.41, 5.74) is 4.00. The highest BCUT2D eigenvalue weighted by Crippen LogP contribution is 2.18. The zero-order valence-electron chi connectivity index (χ0n) is 13.2. The van der Waals surface area contributed by atoms with Crippen LogP contribution in [-0.4, -0.2) is 27.2 Å². The summed E-state index contributed by atoms with van der Waals surface area (Å²) in [7, 11) is 0. The van der Waals surface area contributed by atoms with E-state index in [0.717, 1.165) is 0 Å². The van der Waals surface area contributed by atoms with Crippen LogP contribution in [0.2, 0.25) is 0 Å². The summed E-state index contributed by atoms with van der Waals surface area (Å²) in [5.74, 6) is -0.898. The van der Waals surface area contributed by atoms with Gasteiger partial charge in [-0.3, -0.25) is 20.0 Å². The van der Waals surface area contributed by atoms with E-state index in [1.807, 2.05) is 0 Å². The van der Waals surface area contributed by atoms with Crippen LogP contribution < -0.4 is 5.43 Å². The number of halogens is 1. The number of nitro benzene ring substituents is 1. The molecule has 3 aromatic rings. The van der Waals surface area contributed by atoms with Gasteiger partial charge in [0.2, 0.25) is 0 Å². The third-order valence-corrected chi connectivity index (χ3v) is 3.42. The fourth-order valence-electron chi connectivity index (χ4n) is 2.15. The lowest BCUT2D eigenvalue weighted by molar-refractivity contribution is -0.384. The number of nitrogens with one attached hydrogen (secondary N) is 2. The van der Waals surface area contributed by atoms with Gasteiger partial charge in [0.05, 0.1) is 16.8 Å². The molecule has 3 rings (SSSR count). The van der Waals surface area contributed by atoms with E-state index in [1.165, 1.54) is 42.6 Å². The molecule has 0 saturated carbocycles. The number of hydrazone groups is 1. The van der Waals surface area contributed by atoms with E-state index in [2.05, 4.69) is 20.7 Å². The highest BCUT2D eigenvalue weighted by Gasteiger charge is 2.10. The number of aromatic nitrogens is 2. The lowest BCUT2D eigenvalue weighted by atomic mass is 10.1. The van der Waals surface area contributed by atoms with Crippen LogP contribution in [-0.2, 0) is 0 Å². The standard InChI is InChI=1S/C17H12FN5O3/c18-13-6-4-12(5-7-13)15-9-16(21-20-15)17(24)22-19-10-11-2-1-3-14(8-11)23(25)26/h1-10H,(H,20,21)(H,22,24)/b19-10+. The molecule has 0 spiro atoms. The zero-order valence-corrected chi connectivity index (χ0v) is 13.2. The molecule has 0 unspecified atom stereocenters. The van der Waals surface area contributed by atoms with Gasteiger partial charge in [-0.1, -0.05) is 12.1 Å². The lowest BCUT2D eigenvalue weighted by Crippen LogP contribution is -2.18. The van der Waals surface area contributed by atoms with Gasteiger partial charge < -0.3 is 0 Å². The molecular formula is C17H12FN5O3. The van der Waals surface area contributed by atoms with Crippen molar-refractivity contribution in [2.45, 2.75) is 0 Å². The Morgan fingerprint density at radius 2 is 2.00 bits per heavy atom. The van der Waals surface area contributed by atoms with Crippen molar-refractivity contribution in [1.29, 1.82) is 0 Å². The number of benzene rings is 2. The van der Waals surface area contributed by atoms with Gasteiger partial charge in [0.25, 0.3) is 11.6 Å². The molecule has 2 N–H and O–H groups in total. The molecule has 2 aromatic carbocycles. The number of aromatic amines is 1. The van der Waals surface area contributed by atoms with Crippen molar-refractivity contribution in [3.8, 4) is 11.3 Å². The number of nitrogens with zero attached hydrogens (tertiary/aromatic N) is 3. The first-order valence-electron chi connectivity index (χ1n) is 7.42. The van der Waals surface area contributed by atoms with Gasteiger partial charge in [-0.25, -0.2) is 9.82 Å². The predicted molar refractivity (Wildman–Crippen MR) is 92.1 cm³/mol. The second-order valence-corrected chi connectivity index (χ2v) is 5.22. The van der Waals surface area contributed by atoms with Crippen LogP contribution in [0.3, 0.4) is 0 Å².